The minimum absolute atomic E-state index is 0.477. The zero-order chi connectivity index (χ0) is 14.7. The number of hydrogen-bond donors (Lipinski definition) is 0. The van der Waals surface area contributed by atoms with Gasteiger partial charge in [0.2, 0.25) is 0 Å². The molecule has 0 aliphatic heterocycles. The van der Waals surface area contributed by atoms with E-state index in [1.165, 1.54) is 9.13 Å². The summed E-state index contributed by atoms with van der Waals surface area (Å²) in [5.41, 5.74) is 1.73. The highest BCUT2D eigenvalue weighted by atomic mass is 16.2. The van der Waals surface area contributed by atoms with Crippen molar-refractivity contribution in [3.63, 3.8) is 0 Å². The molecule has 0 saturated carbocycles. The van der Waals surface area contributed by atoms with E-state index < -0.39 is 11.1 Å². The lowest BCUT2D eigenvalue weighted by atomic mass is 10.1. The molecular formula is C16H18N2O2. The molecule has 1 aromatic carbocycles. The van der Waals surface area contributed by atoms with Crippen molar-refractivity contribution in [3.05, 3.63) is 75.1 Å². The van der Waals surface area contributed by atoms with Crippen molar-refractivity contribution in [1.29, 1.82) is 0 Å². The molecule has 4 heteroatoms. The Morgan fingerprint density at radius 1 is 1.15 bits per heavy atom. The molecule has 0 fully saturated rings. The third kappa shape index (κ3) is 2.64. The zero-order valence-corrected chi connectivity index (χ0v) is 11.8. The van der Waals surface area contributed by atoms with Gasteiger partial charge in [-0.15, -0.1) is 6.58 Å². The second-order valence-electron chi connectivity index (χ2n) is 4.84. The topological polar surface area (TPSA) is 44.0 Å². The van der Waals surface area contributed by atoms with E-state index in [1.54, 1.807) is 18.5 Å². The lowest BCUT2D eigenvalue weighted by Gasteiger charge is -2.11. The third-order valence-corrected chi connectivity index (χ3v) is 3.26. The number of rotatable bonds is 4. The standard InChI is InChI=1S/C16H18N2O2/c1-4-5-8-17-9-10-18(16(20)15(17)19)14-11-12(2)6-7-13(14)3/h4,6-7,9-11H,1,5,8H2,2-3H3. The molecule has 0 aliphatic carbocycles. The molecule has 0 radical (unpaired) electrons. The lowest BCUT2D eigenvalue weighted by molar-refractivity contribution is 0.656. The molecule has 20 heavy (non-hydrogen) atoms. The average molecular weight is 270 g/mol. The second kappa shape index (κ2) is 5.74. The van der Waals surface area contributed by atoms with Gasteiger partial charge in [0.25, 0.3) is 0 Å². The highest BCUT2D eigenvalue weighted by Gasteiger charge is 2.08. The maximum absolute atomic E-state index is 12.2. The molecule has 4 nitrogen and oxygen atoms in total. The predicted molar refractivity (Wildman–Crippen MR) is 80.6 cm³/mol. The zero-order valence-electron chi connectivity index (χ0n) is 11.8. The Bertz CT molecular complexity index is 754. The van der Waals surface area contributed by atoms with Crippen molar-refractivity contribution in [2.45, 2.75) is 26.8 Å². The molecule has 0 unspecified atom stereocenters. The number of hydrogen-bond acceptors (Lipinski definition) is 2. The van der Waals surface area contributed by atoms with E-state index in [0.29, 0.717) is 13.0 Å². The molecular weight excluding hydrogens is 252 g/mol. The molecule has 0 atom stereocenters. The summed E-state index contributed by atoms with van der Waals surface area (Å²) in [6, 6.07) is 5.83. The van der Waals surface area contributed by atoms with Gasteiger partial charge in [-0.1, -0.05) is 18.2 Å². The van der Waals surface area contributed by atoms with Gasteiger partial charge >= 0.3 is 11.1 Å². The number of aryl methyl sites for hydroxylation is 3. The molecule has 0 aliphatic rings. The molecule has 0 N–H and O–H groups in total. The van der Waals surface area contributed by atoms with Gasteiger partial charge in [-0.25, -0.2) is 0 Å². The fourth-order valence-electron chi connectivity index (χ4n) is 2.08. The van der Waals surface area contributed by atoms with E-state index in [2.05, 4.69) is 6.58 Å². The molecule has 0 spiro atoms. The number of benzene rings is 1. The summed E-state index contributed by atoms with van der Waals surface area (Å²) >= 11 is 0. The normalized spacial score (nSPS) is 10.5. The number of allylic oxidation sites excluding steroid dienone is 1. The summed E-state index contributed by atoms with van der Waals surface area (Å²) < 4.78 is 2.83. The summed E-state index contributed by atoms with van der Waals surface area (Å²) in [6.07, 6.45) is 5.68. The first-order chi connectivity index (χ1) is 9.54. The fourth-order valence-corrected chi connectivity index (χ4v) is 2.08. The first-order valence-electron chi connectivity index (χ1n) is 6.55. The first kappa shape index (κ1) is 14.1. The van der Waals surface area contributed by atoms with Gasteiger partial charge in [0, 0.05) is 18.9 Å². The average Bonchev–Trinajstić information content (AvgIpc) is 2.43. The van der Waals surface area contributed by atoms with Crippen molar-refractivity contribution >= 4 is 0 Å². The number of nitrogens with zero attached hydrogens (tertiary/aromatic N) is 2. The molecule has 2 aromatic rings. The van der Waals surface area contributed by atoms with Crippen LogP contribution < -0.4 is 11.1 Å². The van der Waals surface area contributed by atoms with Crippen LogP contribution in [0.4, 0.5) is 0 Å². The highest BCUT2D eigenvalue weighted by Crippen LogP contribution is 2.13. The van der Waals surface area contributed by atoms with E-state index in [-0.39, 0.29) is 0 Å². The Kier molecular flexibility index (Phi) is 4.03. The summed E-state index contributed by atoms with van der Waals surface area (Å²) in [5, 5.41) is 0. The quantitative estimate of drug-likeness (QED) is 0.631. The van der Waals surface area contributed by atoms with E-state index in [4.69, 9.17) is 0 Å². The van der Waals surface area contributed by atoms with Gasteiger partial charge in [-0.3, -0.25) is 14.2 Å². The molecule has 1 heterocycles. The van der Waals surface area contributed by atoms with Crippen molar-refractivity contribution < 1.29 is 0 Å². The van der Waals surface area contributed by atoms with Crippen LogP contribution in [0.25, 0.3) is 5.69 Å². The van der Waals surface area contributed by atoms with Gasteiger partial charge in [0.1, 0.15) is 0 Å². The third-order valence-electron chi connectivity index (χ3n) is 3.26. The van der Waals surface area contributed by atoms with Crippen LogP contribution in [0.3, 0.4) is 0 Å². The largest absolute Gasteiger partial charge is 0.320 e. The van der Waals surface area contributed by atoms with Crippen LogP contribution in [0.15, 0.2) is 52.8 Å². The SMILES string of the molecule is C=CCCn1ccn(-c2cc(C)ccc2C)c(=O)c1=O. The monoisotopic (exact) mass is 270 g/mol. The van der Waals surface area contributed by atoms with E-state index in [1.807, 2.05) is 32.0 Å². The second-order valence-corrected chi connectivity index (χ2v) is 4.84. The molecule has 1 aromatic heterocycles. The summed E-state index contributed by atoms with van der Waals surface area (Å²) in [5.74, 6) is 0. The van der Waals surface area contributed by atoms with Crippen molar-refractivity contribution in [2.24, 2.45) is 0 Å². The van der Waals surface area contributed by atoms with Crippen LogP contribution in [-0.2, 0) is 6.54 Å². The fraction of sp³-hybridized carbons (Fsp3) is 0.250. The van der Waals surface area contributed by atoms with Crippen molar-refractivity contribution in [2.75, 3.05) is 0 Å². The lowest BCUT2D eigenvalue weighted by Crippen LogP contribution is -2.40. The van der Waals surface area contributed by atoms with Crippen LogP contribution in [-0.4, -0.2) is 9.13 Å². The van der Waals surface area contributed by atoms with Gasteiger partial charge in [-0.05, 0) is 37.5 Å². The maximum Gasteiger partial charge on any atom is 0.320 e. The van der Waals surface area contributed by atoms with Gasteiger partial charge in [0.05, 0.1) is 5.69 Å². The molecule has 0 amide bonds. The van der Waals surface area contributed by atoms with E-state index in [0.717, 1.165) is 16.8 Å². The Balaban J connectivity index is 2.57. The van der Waals surface area contributed by atoms with Gasteiger partial charge in [0.15, 0.2) is 0 Å². The van der Waals surface area contributed by atoms with E-state index >= 15 is 0 Å². The molecule has 2 rings (SSSR count). The van der Waals surface area contributed by atoms with Gasteiger partial charge < -0.3 is 4.57 Å². The Morgan fingerprint density at radius 2 is 1.90 bits per heavy atom. The Morgan fingerprint density at radius 3 is 2.60 bits per heavy atom. The summed E-state index contributed by atoms with van der Waals surface area (Å²) in [4.78, 5) is 24.3. The van der Waals surface area contributed by atoms with Crippen LogP contribution in [0.2, 0.25) is 0 Å². The van der Waals surface area contributed by atoms with Crippen LogP contribution >= 0.6 is 0 Å². The van der Waals surface area contributed by atoms with E-state index in [9.17, 15) is 9.59 Å². The van der Waals surface area contributed by atoms with Crippen molar-refractivity contribution in [1.82, 2.24) is 9.13 Å². The van der Waals surface area contributed by atoms with Crippen LogP contribution in [0, 0.1) is 13.8 Å². The first-order valence-corrected chi connectivity index (χ1v) is 6.55. The smallest absolute Gasteiger partial charge is 0.309 e. The number of aromatic nitrogens is 2. The maximum atomic E-state index is 12.2. The highest BCUT2D eigenvalue weighted by molar-refractivity contribution is 5.42. The van der Waals surface area contributed by atoms with Crippen LogP contribution in [0.1, 0.15) is 17.5 Å². The minimum atomic E-state index is -0.523. The summed E-state index contributed by atoms with van der Waals surface area (Å²) in [6.45, 7) is 7.97. The Labute approximate surface area is 117 Å². The Hall–Kier alpha value is -2.36. The summed E-state index contributed by atoms with van der Waals surface area (Å²) in [7, 11) is 0. The minimum Gasteiger partial charge on any atom is -0.309 e. The molecule has 0 saturated heterocycles. The molecule has 104 valence electrons. The predicted octanol–water partition coefficient (Wildman–Crippen LogP) is 2.19. The van der Waals surface area contributed by atoms with Gasteiger partial charge in [-0.2, -0.15) is 0 Å². The molecule has 0 bridgehead atoms. The van der Waals surface area contributed by atoms with Crippen molar-refractivity contribution in [3.8, 4) is 5.69 Å². The van der Waals surface area contributed by atoms with Crippen LogP contribution in [0.5, 0.6) is 0 Å².